The molecule has 0 spiro atoms. The van der Waals surface area contributed by atoms with Gasteiger partial charge in [-0.05, 0) is 12.1 Å². The van der Waals surface area contributed by atoms with E-state index < -0.39 is 0 Å². The molecule has 5 nitrogen and oxygen atoms in total. The molecule has 0 bridgehead atoms. The van der Waals surface area contributed by atoms with Crippen LogP contribution < -0.4 is 20.9 Å². The van der Waals surface area contributed by atoms with Crippen LogP contribution in [0.3, 0.4) is 0 Å². The van der Waals surface area contributed by atoms with E-state index in [1.165, 1.54) is 7.11 Å². The van der Waals surface area contributed by atoms with E-state index in [4.69, 9.17) is 20.9 Å². The molecule has 0 aliphatic rings. The van der Waals surface area contributed by atoms with Crippen LogP contribution in [0.5, 0.6) is 23.0 Å². The quantitative estimate of drug-likeness (QED) is 0.776. The molecule has 20 heavy (non-hydrogen) atoms. The summed E-state index contributed by atoms with van der Waals surface area (Å²) in [5.74, 6) is 1.58. The summed E-state index contributed by atoms with van der Waals surface area (Å²) >= 11 is 0. The van der Waals surface area contributed by atoms with Crippen molar-refractivity contribution in [1.82, 2.24) is 0 Å². The van der Waals surface area contributed by atoms with Gasteiger partial charge in [-0.1, -0.05) is 18.2 Å². The number of ether oxygens (including phenoxy) is 2. The zero-order valence-electron chi connectivity index (χ0n) is 11.3. The molecule has 0 aliphatic heterocycles. The molecule has 0 unspecified atom stereocenters. The van der Waals surface area contributed by atoms with E-state index >= 15 is 0 Å². The van der Waals surface area contributed by atoms with E-state index in [0.29, 0.717) is 29.4 Å². The maximum absolute atomic E-state index is 9.90. The number of hydrogen-bond donors (Lipinski definition) is 3. The fraction of sp³-hybridized carbons (Fsp3) is 0.200. The second-order valence-electron chi connectivity index (χ2n) is 4.25. The number of nitrogens with two attached hydrogens (primary N) is 2. The highest BCUT2D eigenvalue weighted by Crippen LogP contribution is 2.36. The molecule has 5 N–H and O–H groups in total. The number of phenols is 1. The Morgan fingerprint density at radius 2 is 1.70 bits per heavy atom. The first-order valence-corrected chi connectivity index (χ1v) is 6.25. The van der Waals surface area contributed by atoms with Gasteiger partial charge in [-0.15, -0.1) is 0 Å². The van der Waals surface area contributed by atoms with E-state index in [1.807, 2.05) is 24.3 Å². The lowest BCUT2D eigenvalue weighted by Gasteiger charge is -2.13. The Kier molecular flexibility index (Phi) is 4.45. The summed E-state index contributed by atoms with van der Waals surface area (Å²) in [6.45, 7) is 0.576. The Morgan fingerprint density at radius 1 is 1.00 bits per heavy atom. The van der Waals surface area contributed by atoms with Crippen molar-refractivity contribution in [2.45, 2.75) is 13.1 Å². The summed E-state index contributed by atoms with van der Waals surface area (Å²) in [6, 6.07) is 10.8. The molecule has 0 radical (unpaired) electrons. The number of methoxy groups -OCH3 is 1. The average molecular weight is 274 g/mol. The zero-order valence-corrected chi connectivity index (χ0v) is 11.3. The van der Waals surface area contributed by atoms with Crippen LogP contribution in [0.2, 0.25) is 0 Å². The van der Waals surface area contributed by atoms with Crippen molar-refractivity contribution in [3.8, 4) is 23.0 Å². The lowest BCUT2D eigenvalue weighted by molar-refractivity contribution is 0.366. The predicted octanol–water partition coefficient (Wildman–Crippen LogP) is 2.11. The van der Waals surface area contributed by atoms with Gasteiger partial charge in [0, 0.05) is 30.3 Å². The second-order valence-corrected chi connectivity index (χ2v) is 4.25. The largest absolute Gasteiger partial charge is 0.504 e. The summed E-state index contributed by atoms with van der Waals surface area (Å²) < 4.78 is 10.9. The van der Waals surface area contributed by atoms with E-state index in [9.17, 15) is 5.11 Å². The van der Waals surface area contributed by atoms with Crippen LogP contribution in [-0.4, -0.2) is 12.2 Å². The highest BCUT2D eigenvalue weighted by molar-refractivity contribution is 5.52. The highest BCUT2D eigenvalue weighted by Gasteiger charge is 2.11. The van der Waals surface area contributed by atoms with Gasteiger partial charge < -0.3 is 26.0 Å². The van der Waals surface area contributed by atoms with Crippen molar-refractivity contribution >= 4 is 0 Å². The van der Waals surface area contributed by atoms with Crippen molar-refractivity contribution in [1.29, 1.82) is 0 Å². The Labute approximate surface area is 117 Å². The van der Waals surface area contributed by atoms with E-state index in [2.05, 4.69) is 0 Å². The molecular formula is C15H18N2O3. The Bertz CT molecular complexity index is 574. The van der Waals surface area contributed by atoms with Crippen LogP contribution in [0.25, 0.3) is 0 Å². The molecule has 0 saturated carbocycles. The van der Waals surface area contributed by atoms with Crippen molar-refractivity contribution in [3.05, 3.63) is 47.5 Å². The average Bonchev–Trinajstić information content (AvgIpc) is 2.49. The first kappa shape index (κ1) is 14.2. The fourth-order valence-electron chi connectivity index (χ4n) is 1.91. The minimum Gasteiger partial charge on any atom is -0.504 e. The minimum absolute atomic E-state index is 0.0365. The summed E-state index contributed by atoms with van der Waals surface area (Å²) in [7, 11) is 1.48. The number of phenolic OH excluding ortho intramolecular Hbond substituents is 1. The third kappa shape index (κ3) is 2.84. The third-order valence-corrected chi connectivity index (χ3v) is 2.99. The summed E-state index contributed by atoms with van der Waals surface area (Å²) in [6.07, 6.45) is 0. The maximum atomic E-state index is 9.90. The van der Waals surface area contributed by atoms with Crippen LogP contribution >= 0.6 is 0 Å². The van der Waals surface area contributed by atoms with Gasteiger partial charge in [-0.25, -0.2) is 0 Å². The van der Waals surface area contributed by atoms with E-state index in [0.717, 1.165) is 5.56 Å². The standard InChI is InChI=1S/C15H18N2O3/c1-19-14-7-12(6-11(9-17)15(14)18)20-13-5-3-2-4-10(13)8-16/h2-7,18H,8-9,16-17H2,1H3. The summed E-state index contributed by atoms with van der Waals surface area (Å²) in [5, 5.41) is 9.90. The van der Waals surface area contributed by atoms with Crippen LogP contribution in [0.1, 0.15) is 11.1 Å². The normalized spacial score (nSPS) is 10.3. The molecule has 0 saturated heterocycles. The molecule has 2 rings (SSSR count). The maximum Gasteiger partial charge on any atom is 0.164 e. The molecule has 0 atom stereocenters. The molecule has 0 aromatic heterocycles. The number of hydrogen-bond acceptors (Lipinski definition) is 5. The highest BCUT2D eigenvalue weighted by atomic mass is 16.5. The first-order valence-electron chi connectivity index (χ1n) is 6.25. The summed E-state index contributed by atoms with van der Waals surface area (Å²) in [4.78, 5) is 0. The van der Waals surface area contributed by atoms with E-state index in [-0.39, 0.29) is 12.3 Å². The topological polar surface area (TPSA) is 90.7 Å². The zero-order chi connectivity index (χ0) is 14.5. The van der Waals surface area contributed by atoms with Crippen LogP contribution in [-0.2, 0) is 13.1 Å². The molecule has 0 amide bonds. The smallest absolute Gasteiger partial charge is 0.164 e. The van der Waals surface area contributed by atoms with E-state index in [1.54, 1.807) is 12.1 Å². The molecular weight excluding hydrogens is 256 g/mol. The van der Waals surface area contributed by atoms with Gasteiger partial charge in [-0.2, -0.15) is 0 Å². The van der Waals surface area contributed by atoms with Crippen LogP contribution in [0, 0.1) is 0 Å². The molecule has 106 valence electrons. The van der Waals surface area contributed by atoms with Gasteiger partial charge in [0.05, 0.1) is 7.11 Å². The first-order chi connectivity index (χ1) is 9.69. The minimum atomic E-state index is 0.0365. The monoisotopic (exact) mass is 274 g/mol. The molecule has 2 aromatic rings. The lowest BCUT2D eigenvalue weighted by Crippen LogP contribution is -2.01. The molecule has 0 aliphatic carbocycles. The van der Waals surface area contributed by atoms with Gasteiger partial charge in [0.15, 0.2) is 11.5 Å². The third-order valence-electron chi connectivity index (χ3n) is 2.99. The number of para-hydroxylation sites is 1. The van der Waals surface area contributed by atoms with Gasteiger partial charge in [0.25, 0.3) is 0 Å². The Hall–Kier alpha value is -2.24. The number of benzene rings is 2. The molecule has 0 heterocycles. The number of rotatable bonds is 5. The Balaban J connectivity index is 2.38. The Morgan fingerprint density at radius 3 is 2.35 bits per heavy atom. The fourth-order valence-corrected chi connectivity index (χ4v) is 1.91. The lowest BCUT2D eigenvalue weighted by atomic mass is 10.1. The van der Waals surface area contributed by atoms with Crippen molar-refractivity contribution < 1.29 is 14.6 Å². The second kappa shape index (κ2) is 6.27. The van der Waals surface area contributed by atoms with Crippen molar-refractivity contribution in [3.63, 3.8) is 0 Å². The van der Waals surface area contributed by atoms with Gasteiger partial charge in [-0.3, -0.25) is 0 Å². The summed E-state index contributed by atoms with van der Waals surface area (Å²) in [5.41, 5.74) is 12.7. The van der Waals surface area contributed by atoms with Gasteiger partial charge in [0.1, 0.15) is 11.5 Å². The van der Waals surface area contributed by atoms with Gasteiger partial charge in [0.2, 0.25) is 0 Å². The predicted molar refractivity (Wildman–Crippen MR) is 77.0 cm³/mol. The molecule has 0 fully saturated rings. The molecule has 2 aromatic carbocycles. The number of aromatic hydroxyl groups is 1. The van der Waals surface area contributed by atoms with Crippen molar-refractivity contribution in [2.24, 2.45) is 11.5 Å². The van der Waals surface area contributed by atoms with Gasteiger partial charge >= 0.3 is 0 Å². The SMILES string of the molecule is COc1cc(Oc2ccccc2CN)cc(CN)c1O. The van der Waals surface area contributed by atoms with Crippen LogP contribution in [0.4, 0.5) is 0 Å². The van der Waals surface area contributed by atoms with Crippen LogP contribution in [0.15, 0.2) is 36.4 Å². The molecule has 5 heteroatoms. The van der Waals surface area contributed by atoms with Crippen molar-refractivity contribution in [2.75, 3.05) is 7.11 Å².